The lowest BCUT2D eigenvalue weighted by Crippen LogP contribution is -2.28. The molecular formula is C73H48N2O. The second kappa shape index (κ2) is 17.6. The van der Waals surface area contributed by atoms with Crippen LogP contribution in [0.4, 0.5) is 17.1 Å². The van der Waals surface area contributed by atoms with Gasteiger partial charge in [0.05, 0.1) is 16.4 Å². The zero-order valence-corrected chi connectivity index (χ0v) is 41.5. The number of hydrogen-bond acceptors (Lipinski definition) is 2. The first-order valence-corrected chi connectivity index (χ1v) is 26.1. The second-order valence-electron chi connectivity index (χ2n) is 20.0. The van der Waals surface area contributed by atoms with Crippen LogP contribution in [0.15, 0.2) is 296 Å². The van der Waals surface area contributed by atoms with Crippen molar-refractivity contribution in [3.8, 4) is 50.2 Å². The Morgan fingerprint density at radius 3 is 1.33 bits per heavy atom. The molecule has 0 spiro atoms. The first-order valence-electron chi connectivity index (χ1n) is 26.1. The van der Waals surface area contributed by atoms with Crippen LogP contribution in [0.3, 0.4) is 0 Å². The largest absolute Gasteiger partial charge is 0.456 e. The summed E-state index contributed by atoms with van der Waals surface area (Å²) in [6, 6.07) is 106. The van der Waals surface area contributed by atoms with Crippen molar-refractivity contribution in [2.45, 2.75) is 5.41 Å². The Labute approximate surface area is 441 Å². The van der Waals surface area contributed by atoms with Crippen molar-refractivity contribution in [1.82, 2.24) is 4.57 Å². The number of aromatic nitrogens is 1. The number of para-hydroxylation sites is 2. The summed E-state index contributed by atoms with van der Waals surface area (Å²) >= 11 is 0. The molecule has 2 aromatic heterocycles. The van der Waals surface area contributed by atoms with E-state index in [2.05, 4.69) is 289 Å². The van der Waals surface area contributed by atoms with Gasteiger partial charge >= 0.3 is 0 Å². The highest BCUT2D eigenvalue weighted by atomic mass is 16.3. The fourth-order valence-corrected chi connectivity index (χ4v) is 12.4. The molecule has 3 nitrogen and oxygen atoms in total. The van der Waals surface area contributed by atoms with E-state index in [1.807, 2.05) is 12.1 Å². The van der Waals surface area contributed by atoms with Gasteiger partial charge in [-0.25, -0.2) is 0 Å². The highest BCUT2D eigenvalue weighted by Gasteiger charge is 2.45. The van der Waals surface area contributed by atoms with Crippen LogP contribution in [-0.4, -0.2) is 4.57 Å². The van der Waals surface area contributed by atoms with Crippen LogP contribution in [0, 0.1) is 0 Å². The van der Waals surface area contributed by atoms with Crippen molar-refractivity contribution in [1.29, 1.82) is 0 Å². The molecule has 0 bridgehead atoms. The predicted molar refractivity (Wildman–Crippen MR) is 316 cm³/mol. The average molecular weight is 969 g/mol. The van der Waals surface area contributed by atoms with Crippen molar-refractivity contribution in [3.05, 3.63) is 313 Å². The van der Waals surface area contributed by atoms with E-state index >= 15 is 0 Å². The zero-order chi connectivity index (χ0) is 50.2. The molecule has 1 aliphatic rings. The molecule has 0 saturated carbocycles. The molecule has 1 aliphatic carbocycles. The molecule has 2 heterocycles. The normalized spacial score (nSPS) is 12.6. The molecule has 14 aromatic rings. The number of nitrogens with zero attached hydrogens (tertiary/aromatic N) is 2. The van der Waals surface area contributed by atoms with E-state index in [9.17, 15) is 0 Å². The number of furan rings is 1. The van der Waals surface area contributed by atoms with Gasteiger partial charge in [-0.15, -0.1) is 0 Å². The maximum atomic E-state index is 6.28. The Kier molecular flexibility index (Phi) is 10.1. The van der Waals surface area contributed by atoms with Gasteiger partial charge in [-0.1, -0.05) is 206 Å². The van der Waals surface area contributed by atoms with Crippen LogP contribution >= 0.6 is 0 Å². The van der Waals surface area contributed by atoms with Gasteiger partial charge in [0.15, 0.2) is 0 Å². The third-order valence-electron chi connectivity index (χ3n) is 15.9. The fraction of sp³-hybridized carbons (Fsp3) is 0.0137. The molecular weight excluding hydrogens is 921 g/mol. The molecule has 0 saturated heterocycles. The van der Waals surface area contributed by atoms with Gasteiger partial charge in [0.2, 0.25) is 0 Å². The standard InChI is InChI=1S/C73H48N2O/c1-4-16-49(17-5-1)50-30-38-58(39-31-50)74(60-42-45-72-66(48-60)63-24-12-15-27-71(63)76-72)59-40-32-52(33-41-59)54-35-44-70-65(47-54)64-46-53(34-43-69(64)75(70)57-20-8-3-9-21-57)51-28-36-56(37-29-51)73(55-18-6-2-7-19-55)67-25-13-10-22-61(67)62-23-11-14-26-68(62)73/h1-48H. The van der Waals surface area contributed by atoms with Gasteiger partial charge in [0.1, 0.15) is 11.2 Å². The minimum Gasteiger partial charge on any atom is -0.456 e. The number of hydrogen-bond donors (Lipinski definition) is 0. The van der Waals surface area contributed by atoms with E-state index in [1.165, 1.54) is 77.4 Å². The Morgan fingerprint density at radius 2 is 0.724 bits per heavy atom. The summed E-state index contributed by atoms with van der Waals surface area (Å²) in [5, 5.41) is 4.63. The molecule has 76 heavy (non-hydrogen) atoms. The Morgan fingerprint density at radius 1 is 0.289 bits per heavy atom. The van der Waals surface area contributed by atoms with Crippen LogP contribution in [0.2, 0.25) is 0 Å². The van der Waals surface area contributed by atoms with Gasteiger partial charge in [0.25, 0.3) is 0 Å². The van der Waals surface area contributed by atoms with E-state index in [-0.39, 0.29) is 0 Å². The first kappa shape index (κ1) is 43.6. The van der Waals surface area contributed by atoms with Crippen LogP contribution in [0.5, 0.6) is 0 Å². The smallest absolute Gasteiger partial charge is 0.135 e. The molecule has 0 aliphatic heterocycles. The molecule has 0 atom stereocenters. The average Bonchev–Trinajstić information content (AvgIpc) is 4.29. The van der Waals surface area contributed by atoms with Crippen LogP contribution in [-0.2, 0) is 5.41 Å². The summed E-state index contributed by atoms with van der Waals surface area (Å²) in [7, 11) is 0. The SMILES string of the molecule is c1ccc(-c2ccc(N(c3ccc(-c4ccc5c(c4)c4cc(-c6ccc(C7(c8ccccc8)c8ccccc8-c8ccccc87)cc6)ccc4n5-c4ccccc4)cc3)c3ccc4oc5ccccc5c4c3)cc2)cc1. The molecule has 0 fully saturated rings. The predicted octanol–water partition coefficient (Wildman–Crippen LogP) is 19.5. The van der Waals surface area contributed by atoms with Crippen molar-refractivity contribution in [2.75, 3.05) is 4.90 Å². The fourth-order valence-electron chi connectivity index (χ4n) is 12.4. The summed E-state index contributed by atoms with van der Waals surface area (Å²) in [6.07, 6.45) is 0. The van der Waals surface area contributed by atoms with Gasteiger partial charge < -0.3 is 13.9 Å². The van der Waals surface area contributed by atoms with Gasteiger partial charge in [-0.05, 0) is 152 Å². The van der Waals surface area contributed by atoms with Crippen molar-refractivity contribution in [2.24, 2.45) is 0 Å². The van der Waals surface area contributed by atoms with Crippen molar-refractivity contribution in [3.63, 3.8) is 0 Å². The summed E-state index contributed by atoms with van der Waals surface area (Å²) in [4.78, 5) is 2.34. The van der Waals surface area contributed by atoms with Crippen LogP contribution in [0.25, 0.3) is 93.9 Å². The van der Waals surface area contributed by atoms with E-state index in [0.29, 0.717) is 0 Å². The molecule has 0 radical (unpaired) electrons. The number of benzene rings is 12. The van der Waals surface area contributed by atoms with Crippen molar-refractivity contribution >= 4 is 60.8 Å². The maximum absolute atomic E-state index is 6.28. The van der Waals surface area contributed by atoms with Crippen LogP contribution in [0.1, 0.15) is 22.3 Å². The summed E-state index contributed by atoms with van der Waals surface area (Å²) < 4.78 is 8.69. The lowest BCUT2D eigenvalue weighted by atomic mass is 9.67. The lowest BCUT2D eigenvalue weighted by Gasteiger charge is -2.34. The van der Waals surface area contributed by atoms with E-state index < -0.39 is 5.41 Å². The summed E-state index contributed by atoms with van der Waals surface area (Å²) in [5.74, 6) is 0. The molecule has 15 rings (SSSR count). The minimum atomic E-state index is -0.440. The number of anilines is 3. The molecule has 12 aromatic carbocycles. The topological polar surface area (TPSA) is 21.3 Å². The highest BCUT2D eigenvalue weighted by molar-refractivity contribution is 6.12. The van der Waals surface area contributed by atoms with E-state index in [4.69, 9.17) is 4.42 Å². The number of rotatable bonds is 9. The summed E-state index contributed by atoms with van der Waals surface area (Å²) in [5.41, 5.74) is 22.8. The molecule has 0 N–H and O–H groups in total. The number of fused-ring (bicyclic) bond motifs is 9. The van der Waals surface area contributed by atoms with Gasteiger partial charge in [0, 0.05) is 44.3 Å². The second-order valence-corrected chi connectivity index (χ2v) is 20.0. The zero-order valence-electron chi connectivity index (χ0n) is 41.5. The Balaban J connectivity index is 0.828. The molecule has 3 heteroatoms. The lowest BCUT2D eigenvalue weighted by molar-refractivity contribution is 0.669. The third kappa shape index (κ3) is 6.90. The maximum Gasteiger partial charge on any atom is 0.135 e. The van der Waals surface area contributed by atoms with Gasteiger partial charge in [-0.2, -0.15) is 0 Å². The highest BCUT2D eigenvalue weighted by Crippen LogP contribution is 2.56. The molecule has 0 amide bonds. The quantitative estimate of drug-likeness (QED) is 0.144. The molecule has 0 unspecified atom stereocenters. The summed E-state index contributed by atoms with van der Waals surface area (Å²) in [6.45, 7) is 0. The van der Waals surface area contributed by atoms with E-state index in [0.717, 1.165) is 55.8 Å². The Bertz CT molecular complexity index is 4430. The third-order valence-corrected chi connectivity index (χ3v) is 15.9. The van der Waals surface area contributed by atoms with Gasteiger partial charge in [-0.3, -0.25) is 0 Å². The van der Waals surface area contributed by atoms with Crippen LogP contribution < -0.4 is 4.90 Å². The van der Waals surface area contributed by atoms with E-state index in [1.54, 1.807) is 0 Å². The molecule has 356 valence electrons. The van der Waals surface area contributed by atoms with Crippen molar-refractivity contribution < 1.29 is 4.42 Å². The monoisotopic (exact) mass is 968 g/mol. The minimum absolute atomic E-state index is 0.440. The Hall–Kier alpha value is -9.96. The first-order chi connectivity index (χ1) is 37.7.